The maximum absolute atomic E-state index is 13.0. The van der Waals surface area contributed by atoms with Crippen molar-refractivity contribution in [2.75, 3.05) is 0 Å². The van der Waals surface area contributed by atoms with Gasteiger partial charge in [-0.15, -0.1) is 0 Å². The molecule has 0 N–H and O–H groups in total. The SMILES string of the molecule is Cc1ccc(S(=O)(=O)N2O[C@]2(C(=O)OC(C)(C)C)c2ccc(Cl)cc2)cc1. The predicted octanol–water partition coefficient (Wildman–Crippen LogP) is 3.78. The number of nitrogens with zero attached hydrogens (tertiary/aromatic N) is 1. The first-order valence-electron chi connectivity index (χ1n) is 8.27. The van der Waals surface area contributed by atoms with Crippen LogP contribution in [0.15, 0.2) is 53.4 Å². The largest absolute Gasteiger partial charge is 0.456 e. The number of hydroxylamine groups is 1. The molecular formula is C19H20ClNO5S. The lowest BCUT2D eigenvalue weighted by Gasteiger charge is -2.22. The van der Waals surface area contributed by atoms with E-state index in [9.17, 15) is 13.2 Å². The highest BCUT2D eigenvalue weighted by Gasteiger charge is 2.71. The Kier molecular flexibility index (Phi) is 4.84. The second-order valence-corrected chi connectivity index (χ2v) is 9.48. The van der Waals surface area contributed by atoms with Gasteiger partial charge in [0.25, 0.3) is 10.0 Å². The van der Waals surface area contributed by atoms with Gasteiger partial charge in [0, 0.05) is 10.6 Å². The summed E-state index contributed by atoms with van der Waals surface area (Å²) in [5.74, 6) is -0.812. The van der Waals surface area contributed by atoms with E-state index in [4.69, 9.17) is 21.2 Å². The molecule has 0 radical (unpaired) electrons. The van der Waals surface area contributed by atoms with Crippen LogP contribution in [0.2, 0.25) is 5.02 Å². The van der Waals surface area contributed by atoms with Gasteiger partial charge in [0.1, 0.15) is 5.60 Å². The monoisotopic (exact) mass is 409 g/mol. The van der Waals surface area contributed by atoms with Crippen molar-refractivity contribution in [1.82, 2.24) is 4.47 Å². The van der Waals surface area contributed by atoms with E-state index in [-0.39, 0.29) is 4.90 Å². The van der Waals surface area contributed by atoms with Crippen molar-refractivity contribution in [2.45, 2.75) is 43.9 Å². The zero-order chi connectivity index (χ0) is 20.0. The van der Waals surface area contributed by atoms with E-state index in [1.807, 2.05) is 6.92 Å². The molecule has 2 aromatic rings. The highest BCUT2D eigenvalue weighted by molar-refractivity contribution is 7.89. The summed E-state index contributed by atoms with van der Waals surface area (Å²) >= 11 is 5.92. The Hall–Kier alpha value is -1.93. The summed E-state index contributed by atoms with van der Waals surface area (Å²) in [6.07, 6.45) is 0. The number of benzene rings is 2. The van der Waals surface area contributed by atoms with Gasteiger partial charge < -0.3 is 4.74 Å². The average Bonchev–Trinajstić information content (AvgIpc) is 3.32. The molecule has 0 bridgehead atoms. The molecule has 2 atom stereocenters. The number of carbonyl (C=O) groups excluding carboxylic acids is 1. The van der Waals surface area contributed by atoms with E-state index in [0.717, 1.165) is 5.56 Å². The van der Waals surface area contributed by atoms with Crippen molar-refractivity contribution < 1.29 is 22.8 Å². The van der Waals surface area contributed by atoms with Crippen molar-refractivity contribution in [1.29, 1.82) is 0 Å². The molecule has 0 aliphatic carbocycles. The van der Waals surface area contributed by atoms with E-state index in [1.165, 1.54) is 24.3 Å². The molecule has 1 aliphatic rings. The minimum absolute atomic E-state index is 0.0208. The topological polar surface area (TPSA) is 76.0 Å². The minimum Gasteiger partial charge on any atom is -0.456 e. The Morgan fingerprint density at radius 3 is 2.15 bits per heavy atom. The van der Waals surface area contributed by atoms with E-state index >= 15 is 0 Å². The van der Waals surface area contributed by atoms with Crippen molar-refractivity contribution in [2.24, 2.45) is 0 Å². The second-order valence-electron chi connectivity index (χ2n) is 7.29. The van der Waals surface area contributed by atoms with Crippen LogP contribution in [0.25, 0.3) is 0 Å². The van der Waals surface area contributed by atoms with E-state index in [0.29, 0.717) is 15.1 Å². The third-order valence-corrected chi connectivity index (χ3v) is 5.78. The molecule has 3 rings (SSSR count). The van der Waals surface area contributed by atoms with Gasteiger partial charge in [0.05, 0.1) is 4.90 Å². The molecule has 8 heteroatoms. The molecule has 6 nitrogen and oxygen atoms in total. The lowest BCUT2D eigenvalue weighted by molar-refractivity contribution is -0.162. The molecule has 1 fully saturated rings. The van der Waals surface area contributed by atoms with Gasteiger partial charge >= 0.3 is 11.7 Å². The predicted molar refractivity (Wildman–Crippen MR) is 100 cm³/mol. The van der Waals surface area contributed by atoms with Crippen LogP contribution < -0.4 is 0 Å². The number of ether oxygens (including phenoxy) is 1. The number of sulfonamides is 1. The molecule has 1 saturated heterocycles. The Morgan fingerprint density at radius 2 is 1.63 bits per heavy atom. The quantitative estimate of drug-likeness (QED) is 0.567. The lowest BCUT2D eigenvalue weighted by Crippen LogP contribution is -2.36. The van der Waals surface area contributed by atoms with Crippen LogP contribution in [0.3, 0.4) is 0 Å². The van der Waals surface area contributed by atoms with Crippen LogP contribution in [0.1, 0.15) is 31.9 Å². The first-order valence-corrected chi connectivity index (χ1v) is 10.1. The smallest absolute Gasteiger partial charge is 0.364 e. The van der Waals surface area contributed by atoms with Crippen molar-refractivity contribution in [3.63, 3.8) is 0 Å². The van der Waals surface area contributed by atoms with Gasteiger partial charge in [0.15, 0.2) is 0 Å². The standard InChI is InChI=1S/C19H20ClNO5S/c1-13-5-11-16(12-6-13)27(23,24)21-19(26-21,17(22)25-18(2,3)4)14-7-9-15(20)10-8-14/h5-12H,1-4H3/t19-,21?/m0/s1. The number of hydrogen-bond acceptors (Lipinski definition) is 5. The maximum atomic E-state index is 13.0. The fourth-order valence-corrected chi connectivity index (χ4v) is 4.06. The van der Waals surface area contributed by atoms with Crippen molar-refractivity contribution in [3.05, 3.63) is 64.7 Å². The Morgan fingerprint density at radius 1 is 1.07 bits per heavy atom. The number of halogens is 1. The summed E-state index contributed by atoms with van der Waals surface area (Å²) in [7, 11) is -4.07. The van der Waals surface area contributed by atoms with Crippen LogP contribution in [0.5, 0.6) is 0 Å². The fraction of sp³-hybridized carbons (Fsp3) is 0.316. The second kappa shape index (κ2) is 6.60. The van der Waals surface area contributed by atoms with Crippen LogP contribution in [0.4, 0.5) is 0 Å². The van der Waals surface area contributed by atoms with Crippen LogP contribution in [0, 0.1) is 6.92 Å². The summed E-state index contributed by atoms with van der Waals surface area (Å²) in [5.41, 5.74) is -1.46. The number of esters is 1. The Labute approximate surface area is 163 Å². The molecule has 0 aromatic heterocycles. The first-order chi connectivity index (χ1) is 12.5. The molecule has 0 saturated carbocycles. The first kappa shape index (κ1) is 19.8. The van der Waals surface area contributed by atoms with Crippen molar-refractivity contribution >= 4 is 27.6 Å². The maximum Gasteiger partial charge on any atom is 0.364 e. The molecule has 1 unspecified atom stereocenters. The number of carbonyl (C=O) groups is 1. The summed E-state index contributed by atoms with van der Waals surface area (Å²) in [4.78, 5) is 18.3. The summed E-state index contributed by atoms with van der Waals surface area (Å²) < 4.78 is 32.1. The normalized spacial score (nSPS) is 22.3. The minimum atomic E-state index is -4.07. The zero-order valence-corrected chi connectivity index (χ0v) is 17.0. The van der Waals surface area contributed by atoms with Gasteiger partial charge in [-0.05, 0) is 56.4 Å². The van der Waals surface area contributed by atoms with E-state index in [1.54, 1.807) is 45.0 Å². The summed E-state index contributed by atoms with van der Waals surface area (Å²) in [5, 5.41) is 0.451. The van der Waals surface area contributed by atoms with Gasteiger partial charge in [-0.1, -0.05) is 41.4 Å². The molecule has 144 valence electrons. The van der Waals surface area contributed by atoms with Gasteiger partial charge in [-0.25, -0.2) is 18.0 Å². The Balaban J connectivity index is 2.04. The molecule has 1 aliphatic heterocycles. The number of aryl methyl sites for hydroxylation is 1. The Bertz CT molecular complexity index is 965. The third-order valence-electron chi connectivity index (χ3n) is 3.89. The molecule has 0 amide bonds. The molecule has 27 heavy (non-hydrogen) atoms. The summed E-state index contributed by atoms with van der Waals surface area (Å²) in [6.45, 7) is 6.94. The molecule has 0 spiro atoms. The number of hydrogen-bond donors (Lipinski definition) is 0. The molecular weight excluding hydrogens is 390 g/mol. The van der Waals surface area contributed by atoms with Crippen LogP contribution in [-0.2, 0) is 30.1 Å². The van der Waals surface area contributed by atoms with E-state index < -0.39 is 27.3 Å². The lowest BCUT2D eigenvalue weighted by atomic mass is 10.1. The molecule has 1 heterocycles. The van der Waals surface area contributed by atoms with Crippen LogP contribution in [-0.4, -0.2) is 24.5 Å². The number of rotatable bonds is 4. The highest BCUT2D eigenvalue weighted by atomic mass is 35.5. The molecule has 2 aromatic carbocycles. The van der Waals surface area contributed by atoms with Gasteiger partial charge in [0.2, 0.25) is 0 Å². The van der Waals surface area contributed by atoms with Gasteiger partial charge in [-0.2, -0.15) is 0 Å². The zero-order valence-electron chi connectivity index (χ0n) is 15.4. The fourth-order valence-electron chi connectivity index (χ4n) is 2.53. The van der Waals surface area contributed by atoms with Gasteiger partial charge in [-0.3, -0.25) is 0 Å². The van der Waals surface area contributed by atoms with E-state index in [2.05, 4.69) is 0 Å². The summed E-state index contributed by atoms with van der Waals surface area (Å²) in [6, 6.07) is 12.5. The van der Waals surface area contributed by atoms with Crippen LogP contribution >= 0.6 is 11.6 Å². The highest BCUT2D eigenvalue weighted by Crippen LogP contribution is 2.50. The average molecular weight is 410 g/mol. The third kappa shape index (κ3) is 3.73. The van der Waals surface area contributed by atoms with Crippen molar-refractivity contribution in [3.8, 4) is 0 Å².